The average molecular weight is 216 g/mol. The summed E-state index contributed by atoms with van der Waals surface area (Å²) >= 11 is 1.50. The Morgan fingerprint density at radius 1 is 1.79 bits per heavy atom. The summed E-state index contributed by atoms with van der Waals surface area (Å²) in [5.41, 5.74) is 0. The predicted octanol–water partition coefficient (Wildman–Crippen LogP) is 0.133. The normalized spacial score (nSPS) is 23.9. The molecule has 0 bridgehead atoms. The van der Waals surface area contributed by atoms with Gasteiger partial charge in [-0.05, 0) is 13.3 Å². The van der Waals surface area contributed by atoms with Crippen LogP contribution < -0.4 is 10.6 Å². The van der Waals surface area contributed by atoms with Crippen LogP contribution in [-0.2, 0) is 9.59 Å². The molecule has 14 heavy (non-hydrogen) atoms. The van der Waals surface area contributed by atoms with Crippen molar-refractivity contribution in [3.63, 3.8) is 0 Å². The number of thioether (sulfide) groups is 1. The Hall–Kier alpha value is -0.710. The van der Waals surface area contributed by atoms with E-state index in [0.717, 1.165) is 6.42 Å². The third-order valence-corrected chi connectivity index (χ3v) is 3.21. The highest BCUT2D eigenvalue weighted by Gasteiger charge is 2.25. The number of carbonyl (C=O) groups is 2. The first-order valence-corrected chi connectivity index (χ1v) is 5.96. The maximum atomic E-state index is 11.6. The number of hydrogen-bond donors (Lipinski definition) is 2. The summed E-state index contributed by atoms with van der Waals surface area (Å²) in [6.07, 6.45) is 0.902. The van der Waals surface area contributed by atoms with Crippen LogP contribution in [-0.4, -0.2) is 35.4 Å². The van der Waals surface area contributed by atoms with Crippen molar-refractivity contribution in [2.24, 2.45) is 0 Å². The quantitative estimate of drug-likeness (QED) is 0.705. The Morgan fingerprint density at radius 3 is 3.07 bits per heavy atom. The third-order valence-electron chi connectivity index (χ3n) is 2.17. The molecule has 4 nitrogen and oxygen atoms in total. The minimum atomic E-state index is -0.352. The van der Waals surface area contributed by atoms with E-state index in [1.54, 1.807) is 0 Å². The van der Waals surface area contributed by atoms with Gasteiger partial charge in [0, 0.05) is 11.8 Å². The first kappa shape index (κ1) is 11.4. The van der Waals surface area contributed by atoms with Crippen molar-refractivity contribution in [1.29, 1.82) is 0 Å². The SMILES string of the molecule is CCC(C)NC(=O)C1CSCC(=O)N1. The highest BCUT2D eigenvalue weighted by atomic mass is 32.2. The van der Waals surface area contributed by atoms with Gasteiger partial charge in [-0.1, -0.05) is 6.92 Å². The molecule has 2 N–H and O–H groups in total. The highest BCUT2D eigenvalue weighted by molar-refractivity contribution is 8.00. The first-order valence-electron chi connectivity index (χ1n) is 4.81. The zero-order valence-corrected chi connectivity index (χ0v) is 9.32. The molecular formula is C9H16N2O2S. The lowest BCUT2D eigenvalue weighted by Gasteiger charge is -2.23. The molecule has 1 aliphatic rings. The second-order valence-corrected chi connectivity index (χ2v) is 4.48. The summed E-state index contributed by atoms with van der Waals surface area (Å²) in [4.78, 5) is 22.6. The molecule has 2 unspecified atom stereocenters. The molecule has 1 heterocycles. The van der Waals surface area contributed by atoms with Crippen molar-refractivity contribution in [3.05, 3.63) is 0 Å². The smallest absolute Gasteiger partial charge is 0.243 e. The average Bonchev–Trinajstić information content (AvgIpc) is 2.17. The van der Waals surface area contributed by atoms with E-state index in [1.807, 2.05) is 13.8 Å². The van der Waals surface area contributed by atoms with E-state index in [4.69, 9.17) is 0 Å². The minimum absolute atomic E-state index is 0.0504. The maximum Gasteiger partial charge on any atom is 0.243 e. The summed E-state index contributed by atoms with van der Waals surface area (Å²) in [7, 11) is 0. The number of amides is 2. The van der Waals surface area contributed by atoms with Crippen molar-refractivity contribution in [1.82, 2.24) is 10.6 Å². The molecule has 80 valence electrons. The standard InChI is InChI=1S/C9H16N2O2S/c1-3-6(2)10-9(13)7-4-14-5-8(12)11-7/h6-7H,3-5H2,1-2H3,(H,10,13)(H,11,12). The summed E-state index contributed by atoms with van der Waals surface area (Å²) < 4.78 is 0. The van der Waals surface area contributed by atoms with Crippen LogP contribution in [0.4, 0.5) is 0 Å². The van der Waals surface area contributed by atoms with Crippen LogP contribution in [0.25, 0.3) is 0 Å². The minimum Gasteiger partial charge on any atom is -0.352 e. The van der Waals surface area contributed by atoms with E-state index in [1.165, 1.54) is 11.8 Å². The summed E-state index contributed by atoms with van der Waals surface area (Å²) in [5.74, 6) is 1.02. The van der Waals surface area contributed by atoms with Gasteiger partial charge >= 0.3 is 0 Å². The second kappa shape index (κ2) is 5.24. The van der Waals surface area contributed by atoms with Crippen molar-refractivity contribution in [2.75, 3.05) is 11.5 Å². The van der Waals surface area contributed by atoms with Crippen molar-refractivity contribution < 1.29 is 9.59 Å². The molecule has 2 atom stereocenters. The highest BCUT2D eigenvalue weighted by Crippen LogP contribution is 2.08. The van der Waals surface area contributed by atoms with Gasteiger partial charge in [-0.25, -0.2) is 0 Å². The van der Waals surface area contributed by atoms with Crippen molar-refractivity contribution in [2.45, 2.75) is 32.4 Å². The second-order valence-electron chi connectivity index (χ2n) is 3.45. The molecule has 0 aromatic heterocycles. The van der Waals surface area contributed by atoms with Gasteiger partial charge in [0.05, 0.1) is 5.75 Å². The van der Waals surface area contributed by atoms with E-state index >= 15 is 0 Å². The number of nitrogens with one attached hydrogen (secondary N) is 2. The zero-order chi connectivity index (χ0) is 10.6. The van der Waals surface area contributed by atoms with Crippen LogP contribution in [0.3, 0.4) is 0 Å². The number of rotatable bonds is 3. The third kappa shape index (κ3) is 3.21. The predicted molar refractivity (Wildman–Crippen MR) is 57.2 cm³/mol. The molecule has 1 fully saturated rings. The van der Waals surface area contributed by atoms with Gasteiger partial charge in [0.1, 0.15) is 6.04 Å². The fraction of sp³-hybridized carbons (Fsp3) is 0.778. The van der Waals surface area contributed by atoms with Gasteiger partial charge in [-0.3, -0.25) is 9.59 Å². The Morgan fingerprint density at radius 2 is 2.50 bits per heavy atom. The molecule has 1 aliphatic heterocycles. The summed E-state index contributed by atoms with van der Waals surface area (Å²) in [5, 5.41) is 5.53. The molecule has 0 aliphatic carbocycles. The molecule has 0 saturated carbocycles. The van der Waals surface area contributed by atoms with Gasteiger partial charge in [0.15, 0.2) is 0 Å². The van der Waals surface area contributed by atoms with Crippen LogP contribution in [0.5, 0.6) is 0 Å². The monoisotopic (exact) mass is 216 g/mol. The Bertz CT molecular complexity index is 233. The van der Waals surface area contributed by atoms with Gasteiger partial charge in [0.25, 0.3) is 0 Å². The molecule has 0 aromatic carbocycles. The van der Waals surface area contributed by atoms with Gasteiger partial charge in [0.2, 0.25) is 11.8 Å². The van der Waals surface area contributed by atoms with Crippen LogP contribution >= 0.6 is 11.8 Å². The van der Waals surface area contributed by atoms with Gasteiger partial charge < -0.3 is 10.6 Å². The molecule has 2 amide bonds. The van der Waals surface area contributed by atoms with E-state index in [2.05, 4.69) is 10.6 Å². The summed E-state index contributed by atoms with van der Waals surface area (Å²) in [6.45, 7) is 3.97. The molecular weight excluding hydrogens is 200 g/mol. The molecule has 5 heteroatoms. The molecule has 0 aromatic rings. The van der Waals surface area contributed by atoms with E-state index < -0.39 is 0 Å². The Kier molecular flexibility index (Phi) is 4.25. The van der Waals surface area contributed by atoms with Crippen LogP contribution in [0.15, 0.2) is 0 Å². The molecule has 1 rings (SSSR count). The zero-order valence-electron chi connectivity index (χ0n) is 8.50. The Labute approximate surface area is 88.2 Å². The topological polar surface area (TPSA) is 58.2 Å². The van der Waals surface area contributed by atoms with Gasteiger partial charge in [-0.2, -0.15) is 0 Å². The van der Waals surface area contributed by atoms with E-state index in [9.17, 15) is 9.59 Å². The lowest BCUT2D eigenvalue weighted by molar-refractivity contribution is -0.128. The van der Waals surface area contributed by atoms with Crippen molar-refractivity contribution >= 4 is 23.6 Å². The molecule has 0 spiro atoms. The Balaban J connectivity index is 2.39. The fourth-order valence-corrected chi connectivity index (χ4v) is 1.99. The van der Waals surface area contributed by atoms with Crippen LogP contribution in [0.1, 0.15) is 20.3 Å². The number of carbonyl (C=O) groups excluding carboxylic acids is 2. The fourth-order valence-electron chi connectivity index (χ4n) is 1.13. The van der Waals surface area contributed by atoms with E-state index in [-0.39, 0.29) is 23.9 Å². The lowest BCUT2D eigenvalue weighted by Crippen LogP contribution is -2.53. The van der Waals surface area contributed by atoms with Gasteiger partial charge in [-0.15, -0.1) is 11.8 Å². The van der Waals surface area contributed by atoms with Crippen LogP contribution in [0.2, 0.25) is 0 Å². The molecule has 1 saturated heterocycles. The largest absolute Gasteiger partial charge is 0.352 e. The first-order chi connectivity index (χ1) is 6.63. The number of hydrogen-bond acceptors (Lipinski definition) is 3. The van der Waals surface area contributed by atoms with Crippen LogP contribution in [0, 0.1) is 0 Å². The van der Waals surface area contributed by atoms with Crippen molar-refractivity contribution in [3.8, 4) is 0 Å². The van der Waals surface area contributed by atoms with E-state index in [0.29, 0.717) is 11.5 Å². The maximum absolute atomic E-state index is 11.6. The molecule has 0 radical (unpaired) electrons. The lowest BCUT2D eigenvalue weighted by atomic mass is 10.2. The summed E-state index contributed by atoms with van der Waals surface area (Å²) in [6, 6.07) is -0.179.